The van der Waals surface area contributed by atoms with Crippen molar-refractivity contribution in [3.8, 4) is 0 Å². The maximum Gasteiger partial charge on any atom is 0.378 e. The monoisotopic (exact) mass is 502 g/mol. The van der Waals surface area contributed by atoms with Crippen molar-refractivity contribution in [3.63, 3.8) is 0 Å². The largest absolute Gasteiger partial charge is 0.505 e. The van der Waals surface area contributed by atoms with Crippen molar-refractivity contribution >= 4 is 5.97 Å². The molecule has 0 fully saturated rings. The van der Waals surface area contributed by atoms with Crippen LogP contribution in [0.1, 0.15) is 117 Å². The SMILES string of the molecule is CCCCCCCCCC[C@](O)(CO)[C@@]1(CC(O)CO)OC(=O)C(OCCCCCCCC)=C1O. The number of aliphatic hydroxyl groups is 5. The molecule has 1 unspecified atom stereocenters. The molecule has 0 aromatic heterocycles. The van der Waals surface area contributed by atoms with Crippen LogP contribution >= 0.6 is 0 Å². The van der Waals surface area contributed by atoms with Crippen molar-refractivity contribution in [2.24, 2.45) is 0 Å². The van der Waals surface area contributed by atoms with Gasteiger partial charge in [-0.1, -0.05) is 97.3 Å². The lowest BCUT2D eigenvalue weighted by Crippen LogP contribution is -2.60. The van der Waals surface area contributed by atoms with Gasteiger partial charge in [-0.3, -0.25) is 0 Å². The van der Waals surface area contributed by atoms with Crippen molar-refractivity contribution < 1.29 is 39.8 Å². The normalized spacial score (nSPS) is 20.7. The summed E-state index contributed by atoms with van der Waals surface area (Å²) in [5.74, 6) is -1.97. The van der Waals surface area contributed by atoms with Crippen molar-refractivity contribution in [2.75, 3.05) is 19.8 Å². The van der Waals surface area contributed by atoms with E-state index in [-0.39, 0.29) is 13.0 Å². The lowest BCUT2D eigenvalue weighted by molar-refractivity contribution is -0.203. The predicted octanol–water partition coefficient (Wildman–Crippen LogP) is 4.43. The average Bonchev–Trinajstić information content (AvgIpc) is 3.09. The second kappa shape index (κ2) is 17.2. The molecule has 0 radical (unpaired) electrons. The summed E-state index contributed by atoms with van der Waals surface area (Å²) in [7, 11) is 0. The summed E-state index contributed by atoms with van der Waals surface area (Å²) in [5, 5.41) is 52.1. The Hall–Kier alpha value is -1.35. The molecule has 0 bridgehead atoms. The summed E-state index contributed by atoms with van der Waals surface area (Å²) in [4.78, 5) is 12.6. The van der Waals surface area contributed by atoms with E-state index in [0.717, 1.165) is 51.4 Å². The van der Waals surface area contributed by atoms with E-state index in [1.807, 2.05) is 0 Å². The molecule has 8 heteroatoms. The molecule has 8 nitrogen and oxygen atoms in total. The van der Waals surface area contributed by atoms with E-state index in [4.69, 9.17) is 9.47 Å². The number of aliphatic hydroxyl groups excluding tert-OH is 4. The molecule has 206 valence electrons. The second-order valence-corrected chi connectivity index (χ2v) is 9.97. The number of hydrogen-bond acceptors (Lipinski definition) is 8. The molecule has 0 aliphatic carbocycles. The van der Waals surface area contributed by atoms with Gasteiger partial charge in [-0.05, 0) is 12.8 Å². The van der Waals surface area contributed by atoms with E-state index in [2.05, 4.69) is 13.8 Å². The van der Waals surface area contributed by atoms with Crippen LogP contribution in [0.3, 0.4) is 0 Å². The molecule has 0 aromatic carbocycles. The Balaban J connectivity index is 2.86. The molecule has 35 heavy (non-hydrogen) atoms. The predicted molar refractivity (Wildman–Crippen MR) is 135 cm³/mol. The average molecular weight is 503 g/mol. The van der Waals surface area contributed by atoms with Crippen LogP contribution < -0.4 is 0 Å². The van der Waals surface area contributed by atoms with Crippen LogP contribution in [0.2, 0.25) is 0 Å². The van der Waals surface area contributed by atoms with E-state index in [0.29, 0.717) is 12.8 Å². The van der Waals surface area contributed by atoms with Gasteiger partial charge >= 0.3 is 5.97 Å². The molecule has 1 aliphatic rings. The highest BCUT2D eigenvalue weighted by Crippen LogP contribution is 2.45. The van der Waals surface area contributed by atoms with Crippen molar-refractivity contribution in [3.05, 3.63) is 11.5 Å². The minimum absolute atomic E-state index is 0.0542. The van der Waals surface area contributed by atoms with Crippen LogP contribution in [0.25, 0.3) is 0 Å². The Labute approximate surface area is 211 Å². The fraction of sp³-hybridized carbons (Fsp3) is 0.889. The second-order valence-electron chi connectivity index (χ2n) is 9.97. The molecule has 3 atom stereocenters. The number of carbonyl (C=O) groups is 1. The fourth-order valence-electron chi connectivity index (χ4n) is 4.72. The molecule has 0 amide bonds. The highest BCUT2D eigenvalue weighted by atomic mass is 16.6. The van der Waals surface area contributed by atoms with Gasteiger partial charge in [0, 0.05) is 6.42 Å². The third kappa shape index (κ3) is 9.56. The first-order valence-corrected chi connectivity index (χ1v) is 13.7. The van der Waals surface area contributed by atoms with E-state index in [1.165, 1.54) is 25.7 Å². The lowest BCUT2D eigenvalue weighted by atomic mass is 9.75. The molecule has 0 saturated carbocycles. The molecule has 0 spiro atoms. The van der Waals surface area contributed by atoms with E-state index >= 15 is 0 Å². The third-order valence-corrected chi connectivity index (χ3v) is 6.99. The van der Waals surface area contributed by atoms with Crippen molar-refractivity contribution in [2.45, 2.75) is 134 Å². The lowest BCUT2D eigenvalue weighted by Gasteiger charge is -2.42. The van der Waals surface area contributed by atoms with E-state index in [1.54, 1.807) is 0 Å². The van der Waals surface area contributed by atoms with Gasteiger partial charge in [0.15, 0.2) is 5.76 Å². The highest BCUT2D eigenvalue weighted by Gasteiger charge is 2.62. The van der Waals surface area contributed by atoms with Crippen molar-refractivity contribution in [1.29, 1.82) is 0 Å². The molecular formula is C27H50O8. The zero-order valence-corrected chi connectivity index (χ0v) is 22.0. The summed E-state index contributed by atoms with van der Waals surface area (Å²) in [5.41, 5.74) is -4.12. The summed E-state index contributed by atoms with van der Waals surface area (Å²) < 4.78 is 11.0. The number of cyclic esters (lactones) is 1. The van der Waals surface area contributed by atoms with Gasteiger partial charge in [0.05, 0.1) is 25.9 Å². The number of rotatable bonds is 22. The molecule has 1 heterocycles. The van der Waals surface area contributed by atoms with Crippen LogP contribution in [0.5, 0.6) is 0 Å². The zero-order valence-electron chi connectivity index (χ0n) is 22.0. The number of hydrogen-bond donors (Lipinski definition) is 5. The number of ether oxygens (including phenoxy) is 2. The fourth-order valence-corrected chi connectivity index (χ4v) is 4.72. The van der Waals surface area contributed by atoms with Gasteiger partial charge in [0.2, 0.25) is 11.4 Å². The van der Waals surface area contributed by atoms with Gasteiger partial charge in [0.1, 0.15) is 5.60 Å². The quantitative estimate of drug-likeness (QED) is 0.108. The molecule has 0 saturated heterocycles. The maximum atomic E-state index is 12.6. The van der Waals surface area contributed by atoms with Crippen molar-refractivity contribution in [1.82, 2.24) is 0 Å². The van der Waals surface area contributed by atoms with E-state index < -0.39 is 54.4 Å². The smallest absolute Gasteiger partial charge is 0.378 e. The number of carbonyl (C=O) groups excluding carboxylic acids is 1. The van der Waals surface area contributed by atoms with E-state index in [9.17, 15) is 30.3 Å². The minimum atomic E-state index is -2.08. The van der Waals surface area contributed by atoms with Crippen LogP contribution in [0.4, 0.5) is 0 Å². The first-order chi connectivity index (χ1) is 16.8. The molecule has 1 aliphatic heterocycles. The molecule has 1 rings (SSSR count). The van der Waals surface area contributed by atoms with Crippen LogP contribution in [0, 0.1) is 0 Å². The van der Waals surface area contributed by atoms with Crippen LogP contribution in [-0.4, -0.2) is 68.6 Å². The Kier molecular flexibility index (Phi) is 15.5. The summed E-state index contributed by atoms with van der Waals surface area (Å²) >= 11 is 0. The Bertz CT molecular complexity index is 622. The first-order valence-electron chi connectivity index (χ1n) is 13.7. The standard InChI is InChI=1S/C27H50O8/c1-3-5-7-9-11-12-13-15-17-26(33,21-29)27(19-22(30)20-28)24(31)23(25(32)35-27)34-18-16-14-10-8-6-4-2/h22,28-31,33H,3-21H2,1-2H3/t22?,26-,27-/m0/s1. The van der Waals surface area contributed by atoms with Gasteiger partial charge in [-0.25, -0.2) is 4.79 Å². The Morgan fingerprint density at radius 2 is 1.40 bits per heavy atom. The van der Waals surface area contributed by atoms with Gasteiger partial charge in [-0.15, -0.1) is 0 Å². The third-order valence-electron chi connectivity index (χ3n) is 6.99. The summed E-state index contributed by atoms with van der Waals surface area (Å²) in [6.45, 7) is 3.08. The summed E-state index contributed by atoms with van der Waals surface area (Å²) in [6.07, 6.45) is 12.6. The zero-order chi connectivity index (χ0) is 26.2. The maximum absolute atomic E-state index is 12.6. The topological polar surface area (TPSA) is 137 Å². The molecule has 5 N–H and O–H groups in total. The molecular weight excluding hydrogens is 452 g/mol. The van der Waals surface area contributed by atoms with Crippen LogP contribution in [-0.2, 0) is 14.3 Å². The van der Waals surface area contributed by atoms with Gasteiger partial charge in [-0.2, -0.15) is 0 Å². The molecule has 0 aromatic rings. The Morgan fingerprint density at radius 3 is 1.91 bits per heavy atom. The van der Waals surface area contributed by atoms with Crippen LogP contribution in [0.15, 0.2) is 11.5 Å². The number of esters is 1. The van der Waals surface area contributed by atoms with Gasteiger partial charge in [0.25, 0.3) is 0 Å². The highest BCUT2D eigenvalue weighted by molar-refractivity contribution is 5.90. The van der Waals surface area contributed by atoms with Gasteiger partial charge < -0.3 is 35.0 Å². The number of unbranched alkanes of at least 4 members (excludes halogenated alkanes) is 12. The summed E-state index contributed by atoms with van der Waals surface area (Å²) in [6, 6.07) is 0. The Morgan fingerprint density at radius 1 is 0.886 bits per heavy atom. The minimum Gasteiger partial charge on any atom is -0.505 e. The first kappa shape index (κ1) is 31.7.